The zero-order chi connectivity index (χ0) is 30.1. The Hall–Kier alpha value is -4.34. The van der Waals surface area contributed by atoms with E-state index in [-0.39, 0.29) is 30.9 Å². The number of aliphatic hydroxyl groups excluding tert-OH is 2. The molecule has 42 heavy (non-hydrogen) atoms. The summed E-state index contributed by atoms with van der Waals surface area (Å²) in [6.45, 7) is 3.87. The Labute approximate surface area is 240 Å². The Morgan fingerprint density at radius 2 is 1.62 bits per heavy atom. The summed E-state index contributed by atoms with van der Waals surface area (Å²) >= 11 is 0. The summed E-state index contributed by atoms with van der Waals surface area (Å²) < 4.78 is 31.8. The van der Waals surface area contributed by atoms with Crippen LogP contribution in [0.25, 0.3) is 38.6 Å². The number of carboxylic acids is 1. The molecule has 2 heterocycles. The predicted octanol–water partition coefficient (Wildman–Crippen LogP) is 5.99. The number of pyridine rings is 1. The van der Waals surface area contributed by atoms with E-state index in [1.54, 1.807) is 36.4 Å². The topological polar surface area (TPSA) is 105 Å². The maximum Gasteiger partial charge on any atom is 0.305 e. The minimum Gasteiger partial charge on any atom is -0.481 e. The molecule has 9 heteroatoms. The molecule has 0 spiro atoms. The molecule has 0 radical (unpaired) electrons. The van der Waals surface area contributed by atoms with Gasteiger partial charge >= 0.3 is 5.97 Å². The molecular formula is C33H32F2N2O5. The van der Waals surface area contributed by atoms with Crippen LogP contribution in [-0.4, -0.2) is 42.6 Å². The smallest absolute Gasteiger partial charge is 0.305 e. The quantitative estimate of drug-likeness (QED) is 0.190. The lowest BCUT2D eigenvalue weighted by Crippen LogP contribution is -2.23. The fraction of sp³-hybridized carbons (Fsp3) is 0.273. The van der Waals surface area contributed by atoms with Gasteiger partial charge < -0.3 is 19.9 Å². The van der Waals surface area contributed by atoms with Crippen molar-refractivity contribution in [2.45, 2.75) is 57.8 Å². The Morgan fingerprint density at radius 1 is 0.905 bits per heavy atom. The lowest BCUT2D eigenvalue weighted by Gasteiger charge is -2.19. The highest BCUT2D eigenvalue weighted by Gasteiger charge is 2.27. The van der Waals surface area contributed by atoms with Gasteiger partial charge in [0.1, 0.15) is 17.2 Å². The van der Waals surface area contributed by atoms with Crippen molar-refractivity contribution in [1.82, 2.24) is 9.13 Å². The second kappa shape index (κ2) is 11.9. The van der Waals surface area contributed by atoms with Gasteiger partial charge in [-0.1, -0.05) is 36.4 Å². The van der Waals surface area contributed by atoms with E-state index >= 15 is 0 Å². The van der Waals surface area contributed by atoms with E-state index in [0.717, 1.165) is 16.6 Å². The number of aromatic nitrogens is 2. The summed E-state index contributed by atoms with van der Waals surface area (Å²) in [5.41, 5.74) is 3.13. The maximum atomic E-state index is 14.4. The number of aliphatic carboxylic acids is 1. The van der Waals surface area contributed by atoms with Crippen LogP contribution in [0.2, 0.25) is 0 Å². The zero-order valence-electron chi connectivity index (χ0n) is 23.3. The summed E-state index contributed by atoms with van der Waals surface area (Å²) in [5, 5.41) is 31.2. The van der Waals surface area contributed by atoms with Gasteiger partial charge in [0.25, 0.3) is 5.56 Å². The van der Waals surface area contributed by atoms with Gasteiger partial charge in [-0.15, -0.1) is 0 Å². The van der Waals surface area contributed by atoms with Crippen molar-refractivity contribution in [3.63, 3.8) is 0 Å². The molecule has 0 saturated carbocycles. The fourth-order valence-electron chi connectivity index (χ4n) is 5.84. The highest BCUT2D eigenvalue weighted by Crippen LogP contribution is 2.41. The van der Waals surface area contributed by atoms with Crippen LogP contribution < -0.4 is 5.56 Å². The number of hydrogen-bond donors (Lipinski definition) is 3. The fourth-order valence-corrected chi connectivity index (χ4v) is 5.84. The number of benzene rings is 3. The van der Waals surface area contributed by atoms with Crippen molar-refractivity contribution in [3.8, 4) is 16.8 Å². The van der Waals surface area contributed by atoms with Crippen molar-refractivity contribution in [3.05, 3.63) is 100 Å². The number of hydrogen-bond acceptors (Lipinski definition) is 4. The SMILES string of the molecule is CC(C)n1c(CC[C@@H](O)C[C@@H](O)CC(=O)O)c(-c2ccc(F)cc2)c2c3ccccc3n(-c3cccc(F)c3)c(=O)c21. The summed E-state index contributed by atoms with van der Waals surface area (Å²) in [6.07, 6.45) is -2.32. The van der Waals surface area contributed by atoms with Crippen LogP contribution in [0, 0.1) is 11.6 Å². The minimum atomic E-state index is -1.20. The van der Waals surface area contributed by atoms with E-state index in [1.807, 2.05) is 30.5 Å². The minimum absolute atomic E-state index is 0.116. The Balaban J connectivity index is 1.81. The summed E-state index contributed by atoms with van der Waals surface area (Å²) in [6, 6.07) is 19.0. The number of fused-ring (bicyclic) bond motifs is 3. The number of para-hydroxylation sites is 1. The normalized spacial score (nSPS) is 13.2. The second-order valence-corrected chi connectivity index (χ2v) is 10.8. The summed E-state index contributed by atoms with van der Waals surface area (Å²) in [5.74, 6) is -2.04. The van der Waals surface area contributed by atoms with E-state index in [2.05, 4.69) is 0 Å². The number of rotatable bonds is 10. The molecule has 0 saturated heterocycles. The Morgan fingerprint density at radius 3 is 2.29 bits per heavy atom. The molecule has 0 aliphatic heterocycles. The highest BCUT2D eigenvalue weighted by molar-refractivity contribution is 6.14. The molecule has 0 aliphatic rings. The number of halogens is 2. The number of carbonyl (C=O) groups is 1. The maximum absolute atomic E-state index is 14.4. The van der Waals surface area contributed by atoms with Crippen molar-refractivity contribution in [2.24, 2.45) is 0 Å². The molecule has 3 N–H and O–H groups in total. The standard InChI is InChI=1S/C33H32F2N2O5/c1-19(2)36-28(15-14-24(38)17-25(39)18-29(40)41)30(20-10-12-21(34)13-11-20)31-26-8-3-4-9-27(26)37(33(42)32(31)36)23-7-5-6-22(35)16-23/h3-13,16,19,24-25,38-39H,14-15,17-18H2,1-2H3,(H,40,41)/t24-,25-/m1/s1. The molecule has 3 aromatic carbocycles. The van der Waals surface area contributed by atoms with E-state index < -0.39 is 36.2 Å². The number of carboxylic acid groups (broad SMARTS) is 1. The highest BCUT2D eigenvalue weighted by atomic mass is 19.1. The average molecular weight is 575 g/mol. The van der Waals surface area contributed by atoms with Crippen LogP contribution in [0.3, 0.4) is 0 Å². The lowest BCUT2D eigenvalue weighted by molar-refractivity contribution is -0.139. The predicted molar refractivity (Wildman–Crippen MR) is 158 cm³/mol. The van der Waals surface area contributed by atoms with Crippen LogP contribution in [0.1, 0.15) is 44.8 Å². The molecule has 5 aromatic rings. The van der Waals surface area contributed by atoms with Gasteiger partial charge in [0.05, 0.1) is 29.8 Å². The molecule has 2 aromatic heterocycles. The van der Waals surface area contributed by atoms with Gasteiger partial charge in [-0.05, 0) is 75.1 Å². The summed E-state index contributed by atoms with van der Waals surface area (Å²) in [7, 11) is 0. The third-order valence-corrected chi connectivity index (χ3v) is 7.51. The molecule has 2 atom stereocenters. The molecule has 0 amide bonds. The first-order valence-electron chi connectivity index (χ1n) is 13.9. The van der Waals surface area contributed by atoms with E-state index in [1.165, 1.54) is 28.8 Å². The zero-order valence-corrected chi connectivity index (χ0v) is 23.3. The van der Waals surface area contributed by atoms with E-state index in [0.29, 0.717) is 27.7 Å². The van der Waals surface area contributed by atoms with Crippen molar-refractivity contribution in [1.29, 1.82) is 0 Å². The van der Waals surface area contributed by atoms with Crippen molar-refractivity contribution in [2.75, 3.05) is 0 Å². The first-order chi connectivity index (χ1) is 20.1. The molecule has 0 bridgehead atoms. The van der Waals surface area contributed by atoms with Gasteiger partial charge in [-0.3, -0.25) is 14.2 Å². The van der Waals surface area contributed by atoms with Crippen molar-refractivity contribution >= 4 is 27.8 Å². The van der Waals surface area contributed by atoms with Crippen LogP contribution in [-0.2, 0) is 11.2 Å². The van der Waals surface area contributed by atoms with Gasteiger partial charge in [0.2, 0.25) is 0 Å². The van der Waals surface area contributed by atoms with Crippen LogP contribution in [0.4, 0.5) is 8.78 Å². The lowest BCUT2D eigenvalue weighted by atomic mass is 9.96. The summed E-state index contributed by atoms with van der Waals surface area (Å²) in [4.78, 5) is 25.4. The van der Waals surface area contributed by atoms with Gasteiger partial charge in [-0.2, -0.15) is 0 Å². The molecule has 0 fully saturated rings. The molecule has 7 nitrogen and oxygen atoms in total. The van der Waals surface area contributed by atoms with Gasteiger partial charge in [0.15, 0.2) is 0 Å². The first-order valence-corrected chi connectivity index (χ1v) is 13.9. The first kappa shape index (κ1) is 29.2. The number of aliphatic hydroxyl groups is 2. The largest absolute Gasteiger partial charge is 0.481 e. The van der Waals surface area contributed by atoms with E-state index in [4.69, 9.17) is 5.11 Å². The molecular weight excluding hydrogens is 542 g/mol. The molecule has 0 aliphatic carbocycles. The average Bonchev–Trinajstić information content (AvgIpc) is 3.28. The van der Waals surface area contributed by atoms with Crippen LogP contribution in [0.15, 0.2) is 77.6 Å². The Bertz CT molecular complexity index is 1830. The number of nitrogens with zero attached hydrogens (tertiary/aromatic N) is 2. The third-order valence-electron chi connectivity index (χ3n) is 7.51. The second-order valence-electron chi connectivity index (χ2n) is 10.8. The third kappa shape index (κ3) is 5.57. The molecule has 218 valence electrons. The van der Waals surface area contributed by atoms with Crippen LogP contribution in [0.5, 0.6) is 0 Å². The van der Waals surface area contributed by atoms with Gasteiger partial charge in [0, 0.05) is 28.1 Å². The monoisotopic (exact) mass is 574 g/mol. The Kier molecular flexibility index (Phi) is 8.24. The molecule has 0 unspecified atom stereocenters. The van der Waals surface area contributed by atoms with E-state index in [9.17, 15) is 28.6 Å². The van der Waals surface area contributed by atoms with Crippen molar-refractivity contribution < 1.29 is 28.9 Å². The molecule has 5 rings (SSSR count). The van der Waals surface area contributed by atoms with Crippen LogP contribution >= 0.6 is 0 Å². The van der Waals surface area contributed by atoms with Gasteiger partial charge in [-0.25, -0.2) is 8.78 Å².